The summed E-state index contributed by atoms with van der Waals surface area (Å²) in [6, 6.07) is 17.7. The molecule has 0 spiro atoms. The minimum absolute atomic E-state index is 0.0653. The van der Waals surface area contributed by atoms with E-state index in [1.165, 1.54) is 32.1 Å². The Morgan fingerprint density at radius 1 is 0.898 bits per heavy atom. The van der Waals surface area contributed by atoms with Gasteiger partial charge in [-0.1, -0.05) is 112 Å². The Morgan fingerprint density at radius 3 is 2.41 bits per heavy atom. The number of pyridine rings is 1. The predicted octanol–water partition coefficient (Wildman–Crippen LogP) is 9.61. The molecule has 0 N–H and O–H groups in total. The van der Waals surface area contributed by atoms with Crippen LogP contribution >= 0.6 is 0 Å². The highest BCUT2D eigenvalue weighted by Gasteiger charge is 2.47. The molecule has 1 fully saturated rings. The monoisotopic (exact) mass is 657 g/mol. The number of carbonyl (C=O) groups excluding carboxylic acids is 1. The van der Waals surface area contributed by atoms with Gasteiger partial charge >= 0.3 is 5.97 Å². The molecule has 0 unspecified atom stereocenters. The van der Waals surface area contributed by atoms with Crippen LogP contribution in [0.3, 0.4) is 0 Å². The number of esters is 1. The molecule has 1 aliphatic rings. The zero-order chi connectivity index (χ0) is 34.3. The third kappa shape index (κ3) is 9.95. The SMILES string of the molecule is CCCC/C=C\C/C=C\CCCCCCCC(=O)OCC1(n2cc(C#Cc3cccc4cc(CC)n(-c5ccccc5)c(=O)c34)cn2)CC1. The van der Waals surface area contributed by atoms with Gasteiger partial charge in [0.2, 0.25) is 0 Å². The molecule has 0 saturated heterocycles. The zero-order valence-corrected chi connectivity index (χ0v) is 29.3. The van der Waals surface area contributed by atoms with E-state index in [0.29, 0.717) is 24.0 Å². The maximum Gasteiger partial charge on any atom is 0.305 e. The number of carbonyl (C=O) groups is 1. The Balaban J connectivity index is 1.09. The van der Waals surface area contributed by atoms with Gasteiger partial charge in [-0.25, -0.2) is 0 Å². The van der Waals surface area contributed by atoms with Crippen molar-refractivity contribution >= 4 is 16.7 Å². The normalized spacial score (nSPS) is 13.6. The molecule has 0 radical (unpaired) electrons. The third-order valence-corrected chi connectivity index (χ3v) is 9.32. The molecule has 2 aromatic carbocycles. The summed E-state index contributed by atoms with van der Waals surface area (Å²) >= 11 is 0. The van der Waals surface area contributed by atoms with E-state index >= 15 is 0 Å². The van der Waals surface area contributed by atoms with Gasteiger partial charge in [0, 0.05) is 29.6 Å². The number of aromatic nitrogens is 3. The van der Waals surface area contributed by atoms with E-state index in [-0.39, 0.29) is 17.1 Å². The van der Waals surface area contributed by atoms with Gasteiger partial charge in [-0.15, -0.1) is 0 Å². The van der Waals surface area contributed by atoms with Crippen molar-refractivity contribution < 1.29 is 9.53 Å². The molecular formula is C43H51N3O3. The van der Waals surface area contributed by atoms with Gasteiger partial charge in [0.15, 0.2) is 0 Å². The molecule has 0 bridgehead atoms. The second-order valence-corrected chi connectivity index (χ2v) is 13.2. The fourth-order valence-corrected chi connectivity index (χ4v) is 6.19. The maximum atomic E-state index is 13.8. The first-order valence-corrected chi connectivity index (χ1v) is 18.3. The van der Waals surface area contributed by atoms with Crippen LogP contribution in [0.4, 0.5) is 0 Å². The van der Waals surface area contributed by atoms with Crippen LogP contribution in [0.5, 0.6) is 0 Å². The van der Waals surface area contributed by atoms with Crippen molar-refractivity contribution in [1.82, 2.24) is 14.3 Å². The molecule has 2 aromatic heterocycles. The van der Waals surface area contributed by atoms with Gasteiger partial charge in [-0.2, -0.15) is 5.10 Å². The molecule has 0 amide bonds. The number of ether oxygens (including phenoxy) is 1. The molecule has 0 atom stereocenters. The summed E-state index contributed by atoms with van der Waals surface area (Å²) in [5, 5.41) is 6.09. The summed E-state index contributed by atoms with van der Waals surface area (Å²) in [7, 11) is 0. The Hall–Kier alpha value is -4.63. The molecule has 4 aromatic rings. The quantitative estimate of drug-likeness (QED) is 0.0463. The van der Waals surface area contributed by atoms with Gasteiger partial charge in [-0.05, 0) is 81.0 Å². The van der Waals surface area contributed by atoms with Gasteiger partial charge in [0.1, 0.15) is 6.61 Å². The van der Waals surface area contributed by atoms with Crippen molar-refractivity contribution in [2.45, 2.75) is 109 Å². The van der Waals surface area contributed by atoms with Gasteiger partial charge in [0.25, 0.3) is 5.56 Å². The first-order valence-electron chi connectivity index (χ1n) is 18.3. The Morgan fingerprint density at radius 2 is 1.65 bits per heavy atom. The lowest BCUT2D eigenvalue weighted by molar-refractivity contribution is -0.145. The van der Waals surface area contributed by atoms with Gasteiger partial charge in [0.05, 0.1) is 22.7 Å². The number of unbranched alkanes of at least 4 members (excludes halogenated alkanes) is 7. The number of allylic oxidation sites excluding steroid dienone is 4. The van der Waals surface area contributed by atoms with Gasteiger partial charge < -0.3 is 4.74 Å². The Labute approximate surface area is 291 Å². The highest BCUT2D eigenvalue weighted by molar-refractivity contribution is 5.88. The van der Waals surface area contributed by atoms with Crippen LogP contribution < -0.4 is 5.56 Å². The third-order valence-electron chi connectivity index (χ3n) is 9.32. The average Bonchev–Trinajstić information content (AvgIpc) is 3.77. The number of nitrogens with zero attached hydrogens (tertiary/aromatic N) is 3. The zero-order valence-electron chi connectivity index (χ0n) is 29.3. The molecule has 6 nitrogen and oxygen atoms in total. The molecule has 49 heavy (non-hydrogen) atoms. The number of rotatable bonds is 18. The lowest BCUT2D eigenvalue weighted by atomic mass is 10.0. The number of hydrogen-bond donors (Lipinski definition) is 0. The van der Waals surface area contributed by atoms with E-state index in [4.69, 9.17) is 4.74 Å². The summed E-state index contributed by atoms with van der Waals surface area (Å²) in [5.41, 5.74) is 2.91. The number of fused-ring (bicyclic) bond motifs is 1. The van der Waals surface area contributed by atoms with Crippen molar-refractivity contribution in [3.8, 4) is 17.5 Å². The minimum Gasteiger partial charge on any atom is -0.463 e. The highest BCUT2D eigenvalue weighted by Crippen LogP contribution is 2.43. The van der Waals surface area contributed by atoms with Crippen molar-refractivity contribution in [2.75, 3.05) is 6.61 Å². The second-order valence-electron chi connectivity index (χ2n) is 13.2. The van der Waals surface area contributed by atoms with Crippen molar-refractivity contribution in [2.24, 2.45) is 0 Å². The fourth-order valence-electron chi connectivity index (χ4n) is 6.19. The molecule has 1 aliphatic carbocycles. The smallest absolute Gasteiger partial charge is 0.305 e. The lowest BCUT2D eigenvalue weighted by Crippen LogP contribution is -2.25. The molecule has 6 heteroatoms. The largest absolute Gasteiger partial charge is 0.463 e. The Kier molecular flexibility index (Phi) is 13.3. The Bertz CT molecular complexity index is 1850. The first-order chi connectivity index (χ1) is 24.0. The molecule has 1 saturated carbocycles. The highest BCUT2D eigenvalue weighted by atomic mass is 16.5. The van der Waals surface area contributed by atoms with Crippen molar-refractivity contribution in [3.05, 3.63) is 118 Å². The molecule has 2 heterocycles. The summed E-state index contributed by atoms with van der Waals surface area (Å²) in [6.45, 7) is 4.62. The number of benzene rings is 2. The molecular weight excluding hydrogens is 606 g/mol. The van der Waals surface area contributed by atoms with Crippen LogP contribution in [0, 0.1) is 11.8 Å². The second kappa shape index (κ2) is 18.2. The summed E-state index contributed by atoms with van der Waals surface area (Å²) < 4.78 is 9.41. The molecule has 256 valence electrons. The van der Waals surface area contributed by atoms with Gasteiger partial charge in [-0.3, -0.25) is 18.8 Å². The topological polar surface area (TPSA) is 66.1 Å². The van der Waals surface area contributed by atoms with E-state index in [0.717, 1.165) is 73.7 Å². The van der Waals surface area contributed by atoms with E-state index < -0.39 is 0 Å². The van der Waals surface area contributed by atoms with E-state index in [2.05, 4.69) is 61.2 Å². The van der Waals surface area contributed by atoms with Crippen LogP contribution in [0.15, 0.2) is 96.1 Å². The number of para-hydroxylation sites is 1. The lowest BCUT2D eigenvalue weighted by Gasteiger charge is -2.16. The van der Waals surface area contributed by atoms with E-state index in [9.17, 15) is 9.59 Å². The first kappa shape index (κ1) is 35.7. The molecule has 5 rings (SSSR count). The summed E-state index contributed by atoms with van der Waals surface area (Å²) in [5.74, 6) is 6.35. The van der Waals surface area contributed by atoms with Crippen LogP contribution in [0.1, 0.15) is 114 Å². The number of aryl methyl sites for hydroxylation is 1. The van der Waals surface area contributed by atoms with Crippen LogP contribution in [0.25, 0.3) is 16.5 Å². The fraction of sp³-hybridized carbons (Fsp3) is 0.419. The van der Waals surface area contributed by atoms with E-state index in [1.807, 2.05) is 59.4 Å². The standard InChI is InChI=1S/C43H51N3O3/c1-3-5-6-7-8-9-10-11-12-13-14-15-16-20-26-40(47)49-34-43(29-30-43)45-33-35(32-44-45)27-28-36-22-21-23-37-31-38(4-2)46(42(48)41(36)37)39-24-18-17-19-25-39/h7-8,10-11,17-19,21-25,31-33H,3-6,9,12-16,20,26,29-30,34H2,1-2H3/b8-7-,11-10-. The summed E-state index contributed by atoms with van der Waals surface area (Å²) in [4.78, 5) is 26.3. The maximum absolute atomic E-state index is 13.8. The summed E-state index contributed by atoms with van der Waals surface area (Å²) in [6.07, 6.45) is 27.2. The van der Waals surface area contributed by atoms with Crippen LogP contribution in [-0.2, 0) is 21.5 Å². The van der Waals surface area contributed by atoms with Crippen LogP contribution in [0.2, 0.25) is 0 Å². The van der Waals surface area contributed by atoms with Crippen LogP contribution in [-0.4, -0.2) is 26.9 Å². The number of hydrogen-bond acceptors (Lipinski definition) is 4. The van der Waals surface area contributed by atoms with Crippen molar-refractivity contribution in [3.63, 3.8) is 0 Å². The average molecular weight is 658 g/mol. The minimum atomic E-state index is -0.284. The predicted molar refractivity (Wildman–Crippen MR) is 200 cm³/mol. The van der Waals surface area contributed by atoms with E-state index in [1.54, 1.807) is 10.8 Å². The molecule has 0 aliphatic heterocycles. The van der Waals surface area contributed by atoms with Crippen molar-refractivity contribution in [1.29, 1.82) is 0 Å².